The van der Waals surface area contributed by atoms with Crippen LogP contribution in [0.3, 0.4) is 0 Å². The van der Waals surface area contributed by atoms with Crippen molar-refractivity contribution in [3.63, 3.8) is 0 Å². The van der Waals surface area contributed by atoms with Gasteiger partial charge in [0.25, 0.3) is 5.91 Å². The van der Waals surface area contributed by atoms with Gasteiger partial charge in [-0.1, -0.05) is 6.07 Å². The van der Waals surface area contributed by atoms with Crippen LogP contribution in [-0.4, -0.2) is 38.0 Å². The van der Waals surface area contributed by atoms with Crippen LogP contribution in [-0.2, 0) is 0 Å². The Morgan fingerprint density at radius 3 is 2.81 bits per heavy atom. The van der Waals surface area contributed by atoms with Crippen LogP contribution in [0.4, 0.5) is 10.1 Å². The predicted molar refractivity (Wildman–Crippen MR) is 91.7 cm³/mol. The molecule has 0 unspecified atom stereocenters. The first-order valence-corrected chi connectivity index (χ1v) is 7.78. The molecule has 0 saturated heterocycles. The van der Waals surface area contributed by atoms with E-state index >= 15 is 0 Å². The first-order valence-electron chi connectivity index (χ1n) is 7.78. The summed E-state index contributed by atoms with van der Waals surface area (Å²) >= 11 is 0. The zero-order chi connectivity index (χ0) is 18.8. The van der Waals surface area contributed by atoms with Gasteiger partial charge in [-0.2, -0.15) is 5.10 Å². The summed E-state index contributed by atoms with van der Waals surface area (Å²) in [7, 11) is 1.35. The SMILES string of the molecule is COc1cccc(F)c1C(=O)Nc1cn[nH]c1-c1nn(C(C)C)c(=O)[nH]1. The van der Waals surface area contributed by atoms with Crippen molar-refractivity contribution in [2.24, 2.45) is 0 Å². The minimum Gasteiger partial charge on any atom is -0.496 e. The highest BCUT2D eigenvalue weighted by molar-refractivity contribution is 6.07. The van der Waals surface area contributed by atoms with Crippen molar-refractivity contribution < 1.29 is 13.9 Å². The zero-order valence-electron chi connectivity index (χ0n) is 14.3. The average molecular weight is 360 g/mol. The van der Waals surface area contributed by atoms with E-state index in [0.29, 0.717) is 5.69 Å². The summed E-state index contributed by atoms with van der Waals surface area (Å²) in [5.74, 6) is -1.13. The molecule has 3 aromatic rings. The van der Waals surface area contributed by atoms with E-state index in [-0.39, 0.29) is 28.9 Å². The number of amides is 1. The Hall–Kier alpha value is -3.43. The van der Waals surface area contributed by atoms with Crippen molar-refractivity contribution in [3.8, 4) is 17.3 Å². The summed E-state index contributed by atoms with van der Waals surface area (Å²) in [5.41, 5.74) is -0.0869. The molecule has 3 rings (SSSR count). The first kappa shape index (κ1) is 17.4. The van der Waals surface area contributed by atoms with Gasteiger partial charge in [-0.25, -0.2) is 13.9 Å². The van der Waals surface area contributed by atoms with Gasteiger partial charge in [0.05, 0.1) is 25.0 Å². The topological polar surface area (TPSA) is 118 Å². The molecule has 26 heavy (non-hydrogen) atoms. The highest BCUT2D eigenvalue weighted by Crippen LogP contribution is 2.26. The molecule has 2 aromatic heterocycles. The number of methoxy groups -OCH3 is 1. The van der Waals surface area contributed by atoms with E-state index < -0.39 is 17.4 Å². The number of benzene rings is 1. The second-order valence-corrected chi connectivity index (χ2v) is 5.75. The van der Waals surface area contributed by atoms with E-state index in [1.165, 1.54) is 30.1 Å². The molecular weight excluding hydrogens is 343 g/mol. The number of aromatic nitrogens is 5. The molecule has 9 nitrogen and oxygen atoms in total. The molecule has 0 aliphatic heterocycles. The van der Waals surface area contributed by atoms with Gasteiger partial charge >= 0.3 is 5.69 Å². The van der Waals surface area contributed by atoms with Gasteiger partial charge in [-0.05, 0) is 26.0 Å². The van der Waals surface area contributed by atoms with Gasteiger partial charge in [-0.3, -0.25) is 14.9 Å². The lowest BCUT2D eigenvalue weighted by Crippen LogP contribution is -2.19. The molecule has 0 bridgehead atoms. The summed E-state index contributed by atoms with van der Waals surface area (Å²) in [6.45, 7) is 3.62. The Labute approximate surface area is 147 Å². The molecule has 0 aliphatic carbocycles. The van der Waals surface area contributed by atoms with E-state index in [0.717, 1.165) is 6.07 Å². The molecule has 0 radical (unpaired) electrons. The minimum absolute atomic E-state index is 0.102. The number of carbonyl (C=O) groups is 1. The molecule has 2 heterocycles. The van der Waals surface area contributed by atoms with Crippen molar-refractivity contribution in [3.05, 3.63) is 46.3 Å². The number of anilines is 1. The van der Waals surface area contributed by atoms with E-state index in [4.69, 9.17) is 4.74 Å². The second kappa shape index (κ2) is 6.82. The molecule has 1 amide bonds. The number of aromatic amines is 2. The third-order valence-electron chi connectivity index (χ3n) is 3.68. The molecule has 0 fully saturated rings. The van der Waals surface area contributed by atoms with E-state index in [1.807, 2.05) is 13.8 Å². The Balaban J connectivity index is 1.94. The predicted octanol–water partition coefficient (Wildman–Crippen LogP) is 1.94. The van der Waals surface area contributed by atoms with Crippen LogP contribution >= 0.6 is 0 Å². The maximum Gasteiger partial charge on any atom is 0.343 e. The Bertz CT molecular complexity index is 1000. The molecule has 0 spiro atoms. The van der Waals surface area contributed by atoms with Crippen molar-refractivity contribution in [1.29, 1.82) is 0 Å². The summed E-state index contributed by atoms with van der Waals surface area (Å²) in [6, 6.07) is 3.94. The standard InChI is InChI=1S/C16H17FN6O3/c1-8(2)23-16(25)20-14(22-23)13-10(7-18-21-13)19-15(24)12-9(17)5-4-6-11(12)26-3/h4-8H,1-3H3,(H,18,21)(H,19,24)(H,20,22,25). The van der Waals surface area contributed by atoms with Crippen LogP contribution in [0.1, 0.15) is 30.2 Å². The fourth-order valence-electron chi connectivity index (χ4n) is 2.44. The van der Waals surface area contributed by atoms with E-state index in [2.05, 4.69) is 25.6 Å². The lowest BCUT2D eigenvalue weighted by atomic mass is 10.1. The Morgan fingerprint density at radius 1 is 1.38 bits per heavy atom. The van der Waals surface area contributed by atoms with Gasteiger partial charge < -0.3 is 10.1 Å². The number of nitrogens with one attached hydrogen (secondary N) is 3. The monoisotopic (exact) mass is 360 g/mol. The normalized spacial score (nSPS) is 11.0. The lowest BCUT2D eigenvalue weighted by molar-refractivity contribution is 0.102. The number of H-pyrrole nitrogens is 2. The molecule has 1 aromatic carbocycles. The summed E-state index contributed by atoms with van der Waals surface area (Å²) in [4.78, 5) is 27.0. The Kier molecular flexibility index (Phi) is 4.57. The summed E-state index contributed by atoms with van der Waals surface area (Å²) in [6.07, 6.45) is 1.34. The smallest absolute Gasteiger partial charge is 0.343 e. The largest absolute Gasteiger partial charge is 0.496 e. The first-order chi connectivity index (χ1) is 12.4. The quantitative estimate of drug-likeness (QED) is 0.643. The number of nitrogens with zero attached hydrogens (tertiary/aromatic N) is 3. The number of carbonyl (C=O) groups excluding carboxylic acids is 1. The van der Waals surface area contributed by atoms with E-state index in [9.17, 15) is 14.0 Å². The van der Waals surface area contributed by atoms with Gasteiger partial charge in [0, 0.05) is 0 Å². The maximum absolute atomic E-state index is 14.1. The Morgan fingerprint density at radius 2 is 2.15 bits per heavy atom. The van der Waals surface area contributed by atoms with Crippen LogP contribution < -0.4 is 15.7 Å². The molecule has 136 valence electrons. The molecule has 0 saturated carbocycles. The molecule has 10 heteroatoms. The van der Waals surface area contributed by atoms with E-state index in [1.54, 1.807) is 0 Å². The van der Waals surface area contributed by atoms with Gasteiger partial charge in [0.15, 0.2) is 5.82 Å². The van der Waals surface area contributed by atoms with Crippen LogP contribution in [0.2, 0.25) is 0 Å². The third-order valence-corrected chi connectivity index (χ3v) is 3.68. The average Bonchev–Trinajstić information content (AvgIpc) is 3.20. The van der Waals surface area contributed by atoms with Crippen LogP contribution in [0.15, 0.2) is 29.2 Å². The van der Waals surface area contributed by atoms with Gasteiger partial charge in [0.1, 0.15) is 22.8 Å². The highest BCUT2D eigenvalue weighted by Gasteiger charge is 2.21. The van der Waals surface area contributed by atoms with Gasteiger partial charge in [0.2, 0.25) is 0 Å². The summed E-state index contributed by atoms with van der Waals surface area (Å²) in [5, 5.41) is 13.2. The lowest BCUT2D eigenvalue weighted by Gasteiger charge is -2.09. The minimum atomic E-state index is -0.718. The number of halogens is 1. The van der Waals surface area contributed by atoms with Crippen LogP contribution in [0.25, 0.3) is 11.5 Å². The maximum atomic E-state index is 14.1. The number of hydrogen-bond donors (Lipinski definition) is 3. The fraction of sp³-hybridized carbons (Fsp3) is 0.250. The van der Waals surface area contributed by atoms with Crippen molar-refractivity contribution in [2.75, 3.05) is 12.4 Å². The second-order valence-electron chi connectivity index (χ2n) is 5.75. The number of rotatable bonds is 5. The van der Waals surface area contributed by atoms with Gasteiger partial charge in [-0.15, -0.1) is 5.10 Å². The van der Waals surface area contributed by atoms with Crippen molar-refractivity contribution in [2.45, 2.75) is 19.9 Å². The van der Waals surface area contributed by atoms with Crippen molar-refractivity contribution >= 4 is 11.6 Å². The molecule has 0 aliphatic rings. The highest BCUT2D eigenvalue weighted by atomic mass is 19.1. The van der Waals surface area contributed by atoms with Crippen LogP contribution in [0, 0.1) is 5.82 Å². The third kappa shape index (κ3) is 3.08. The van der Waals surface area contributed by atoms with Crippen LogP contribution in [0.5, 0.6) is 5.75 Å². The zero-order valence-corrected chi connectivity index (χ0v) is 14.3. The van der Waals surface area contributed by atoms with Crippen molar-refractivity contribution in [1.82, 2.24) is 25.0 Å². The number of hydrogen-bond acceptors (Lipinski definition) is 5. The summed E-state index contributed by atoms with van der Waals surface area (Å²) < 4.78 is 20.4. The molecule has 3 N–H and O–H groups in total. The molecular formula is C16H17FN6O3. The molecule has 0 atom stereocenters. The fourth-order valence-corrected chi connectivity index (χ4v) is 2.44. The number of ether oxygens (including phenoxy) is 1.